The zero-order valence-corrected chi connectivity index (χ0v) is 19.9. The summed E-state index contributed by atoms with van der Waals surface area (Å²) in [5.74, 6) is -0.293. The van der Waals surface area contributed by atoms with Gasteiger partial charge in [-0.05, 0) is 36.6 Å². The number of benzene rings is 2. The highest BCUT2D eigenvalue weighted by atomic mass is 32.1. The molecule has 1 saturated heterocycles. The van der Waals surface area contributed by atoms with E-state index in [1.54, 1.807) is 0 Å². The number of ketones is 1. The van der Waals surface area contributed by atoms with Crippen molar-refractivity contribution in [1.82, 2.24) is 14.9 Å². The van der Waals surface area contributed by atoms with Crippen molar-refractivity contribution in [3.63, 3.8) is 0 Å². The molecule has 1 atom stereocenters. The van der Waals surface area contributed by atoms with Gasteiger partial charge >= 0.3 is 6.09 Å². The Morgan fingerprint density at radius 1 is 1.17 bits per heavy atom. The Morgan fingerprint density at radius 3 is 2.80 bits per heavy atom. The van der Waals surface area contributed by atoms with Crippen LogP contribution in [-0.2, 0) is 16.1 Å². The van der Waals surface area contributed by atoms with Crippen molar-refractivity contribution in [3.05, 3.63) is 71.2 Å². The quantitative estimate of drug-likeness (QED) is 0.362. The number of hydrogen-bond acceptors (Lipinski definition) is 6. The molecule has 0 bridgehead atoms. The number of carbonyl (C=O) groups excluding carboxylic acids is 3. The fourth-order valence-electron chi connectivity index (χ4n) is 4.19. The summed E-state index contributed by atoms with van der Waals surface area (Å²) in [5, 5.41) is 6.11. The average molecular weight is 489 g/mol. The van der Waals surface area contributed by atoms with Crippen molar-refractivity contribution >= 4 is 45.2 Å². The third-order valence-corrected chi connectivity index (χ3v) is 6.78. The number of rotatable bonds is 6. The third kappa shape index (κ3) is 4.95. The predicted molar refractivity (Wildman–Crippen MR) is 134 cm³/mol. The first-order valence-corrected chi connectivity index (χ1v) is 12.2. The van der Waals surface area contributed by atoms with Crippen LogP contribution in [0.4, 0.5) is 9.93 Å². The van der Waals surface area contributed by atoms with Gasteiger partial charge in [-0.1, -0.05) is 36.4 Å². The number of ether oxygens (including phenoxy) is 1. The fourth-order valence-corrected chi connectivity index (χ4v) is 4.92. The van der Waals surface area contributed by atoms with Crippen LogP contribution in [0.3, 0.4) is 0 Å². The summed E-state index contributed by atoms with van der Waals surface area (Å²) in [6, 6.07) is 16.5. The van der Waals surface area contributed by atoms with E-state index in [0.29, 0.717) is 23.8 Å². The van der Waals surface area contributed by atoms with E-state index in [0.717, 1.165) is 34.1 Å². The van der Waals surface area contributed by atoms with E-state index >= 15 is 0 Å². The minimum atomic E-state index is -0.591. The Morgan fingerprint density at radius 2 is 2.00 bits per heavy atom. The number of nitrogens with zero attached hydrogens (tertiary/aromatic N) is 2. The smallest absolute Gasteiger partial charge is 0.410 e. The zero-order chi connectivity index (χ0) is 24.4. The third-order valence-electron chi connectivity index (χ3n) is 6.03. The second-order valence-electron chi connectivity index (χ2n) is 8.46. The monoisotopic (exact) mass is 488 g/mol. The number of likely N-dealkylation sites (tertiary alicyclic amines) is 1. The molecule has 0 aliphatic carbocycles. The summed E-state index contributed by atoms with van der Waals surface area (Å²) in [6.45, 7) is 2.17. The molecule has 0 spiro atoms. The fraction of sp³-hybridized carbons (Fsp3) is 0.231. The summed E-state index contributed by atoms with van der Waals surface area (Å²) < 4.78 is 5.43. The van der Waals surface area contributed by atoms with Crippen LogP contribution in [0.2, 0.25) is 0 Å². The van der Waals surface area contributed by atoms with Crippen molar-refractivity contribution in [1.29, 1.82) is 0 Å². The maximum atomic E-state index is 13.0. The second kappa shape index (κ2) is 9.71. The molecule has 35 heavy (non-hydrogen) atoms. The molecular weight excluding hydrogens is 464 g/mol. The zero-order valence-electron chi connectivity index (χ0n) is 19.1. The molecular formula is C26H24N4O4S. The Kier molecular flexibility index (Phi) is 6.33. The molecule has 178 valence electrons. The first-order chi connectivity index (χ1) is 17.0. The number of aromatic amines is 1. The van der Waals surface area contributed by atoms with Crippen LogP contribution in [0, 0.1) is 0 Å². The molecule has 5 rings (SSSR count). The van der Waals surface area contributed by atoms with Gasteiger partial charge in [0.25, 0.3) is 0 Å². The Balaban J connectivity index is 1.24. The molecule has 3 heterocycles. The van der Waals surface area contributed by atoms with Crippen LogP contribution in [0.1, 0.15) is 35.8 Å². The molecule has 2 aromatic carbocycles. The minimum absolute atomic E-state index is 0.0219. The number of fused-ring (bicyclic) bond motifs is 1. The van der Waals surface area contributed by atoms with Gasteiger partial charge in [0.05, 0.1) is 11.4 Å². The van der Waals surface area contributed by atoms with E-state index in [9.17, 15) is 14.4 Å². The largest absolute Gasteiger partial charge is 0.445 e. The van der Waals surface area contributed by atoms with Gasteiger partial charge in [-0.25, -0.2) is 9.78 Å². The predicted octanol–water partition coefficient (Wildman–Crippen LogP) is 5.23. The summed E-state index contributed by atoms with van der Waals surface area (Å²) in [7, 11) is 0. The first kappa shape index (κ1) is 22.8. The van der Waals surface area contributed by atoms with Crippen LogP contribution in [0.25, 0.3) is 22.2 Å². The maximum Gasteiger partial charge on any atom is 0.410 e. The van der Waals surface area contributed by atoms with Gasteiger partial charge in [0.2, 0.25) is 5.91 Å². The summed E-state index contributed by atoms with van der Waals surface area (Å²) >= 11 is 1.32. The molecule has 2 amide bonds. The number of hydrogen-bond donors (Lipinski definition) is 2. The maximum absolute atomic E-state index is 13.0. The van der Waals surface area contributed by atoms with Crippen molar-refractivity contribution in [2.75, 3.05) is 11.9 Å². The van der Waals surface area contributed by atoms with Crippen LogP contribution < -0.4 is 5.32 Å². The first-order valence-electron chi connectivity index (χ1n) is 11.4. The Labute approximate surface area is 205 Å². The number of aromatic nitrogens is 2. The Hall–Kier alpha value is -3.98. The van der Waals surface area contributed by atoms with Gasteiger partial charge in [-0.15, -0.1) is 11.3 Å². The highest BCUT2D eigenvalue weighted by molar-refractivity contribution is 7.14. The van der Waals surface area contributed by atoms with Crippen LogP contribution in [0.5, 0.6) is 0 Å². The lowest BCUT2D eigenvalue weighted by Gasteiger charge is -2.22. The lowest BCUT2D eigenvalue weighted by molar-refractivity contribution is -0.120. The van der Waals surface area contributed by atoms with Gasteiger partial charge in [-0.2, -0.15) is 0 Å². The summed E-state index contributed by atoms with van der Waals surface area (Å²) in [6.07, 6.45) is 0.823. The molecule has 8 nitrogen and oxygen atoms in total. The lowest BCUT2D eigenvalue weighted by atomic mass is 10.1. The highest BCUT2D eigenvalue weighted by Crippen LogP contribution is 2.29. The number of carbonyl (C=O) groups is 3. The Bertz CT molecular complexity index is 1390. The molecule has 1 aliphatic rings. The van der Waals surface area contributed by atoms with Crippen LogP contribution >= 0.6 is 11.3 Å². The normalized spacial score (nSPS) is 15.3. The number of H-pyrrole nitrogens is 1. The molecule has 9 heteroatoms. The highest BCUT2D eigenvalue weighted by Gasteiger charge is 2.35. The lowest BCUT2D eigenvalue weighted by Crippen LogP contribution is -2.43. The van der Waals surface area contributed by atoms with Crippen LogP contribution in [0.15, 0.2) is 60.0 Å². The van der Waals surface area contributed by atoms with E-state index in [-0.39, 0.29) is 18.3 Å². The van der Waals surface area contributed by atoms with Gasteiger partial charge in [0, 0.05) is 35.3 Å². The summed E-state index contributed by atoms with van der Waals surface area (Å²) in [5.41, 5.74) is 3.94. The van der Waals surface area contributed by atoms with E-state index in [4.69, 9.17) is 4.74 Å². The van der Waals surface area contributed by atoms with Crippen molar-refractivity contribution < 1.29 is 19.1 Å². The summed E-state index contributed by atoms with van der Waals surface area (Å²) in [4.78, 5) is 46.4. The van der Waals surface area contributed by atoms with Crippen molar-refractivity contribution in [2.24, 2.45) is 0 Å². The van der Waals surface area contributed by atoms with E-state index in [1.165, 1.54) is 23.2 Å². The standard InChI is InChI=1S/C26H24N4O4S/c1-16(31)21-13-19-12-18(9-10-20(19)27-21)22-15-35-25(28-22)29-24(32)23-8-5-11-30(23)26(33)34-14-17-6-3-2-4-7-17/h2-4,6-7,9-10,12-13,15,23,27H,5,8,11,14H2,1H3,(H,28,29,32). The topological polar surface area (TPSA) is 104 Å². The van der Waals surface area contributed by atoms with E-state index < -0.39 is 12.1 Å². The molecule has 4 aromatic rings. The molecule has 0 radical (unpaired) electrons. The number of Topliss-reactive ketones (excluding diaryl/α,β-unsaturated/α-hetero) is 1. The van der Waals surface area contributed by atoms with Gasteiger partial charge < -0.3 is 15.0 Å². The molecule has 2 aromatic heterocycles. The van der Waals surface area contributed by atoms with E-state index in [2.05, 4.69) is 15.3 Å². The second-order valence-corrected chi connectivity index (χ2v) is 9.32. The van der Waals surface area contributed by atoms with E-state index in [1.807, 2.05) is 60.0 Å². The molecule has 0 saturated carbocycles. The van der Waals surface area contributed by atoms with Crippen LogP contribution in [-0.4, -0.2) is 45.2 Å². The number of anilines is 1. The molecule has 2 N–H and O–H groups in total. The van der Waals surface area contributed by atoms with Crippen molar-refractivity contribution in [2.45, 2.75) is 32.4 Å². The van der Waals surface area contributed by atoms with Crippen molar-refractivity contribution in [3.8, 4) is 11.3 Å². The number of nitrogens with one attached hydrogen (secondary N) is 2. The van der Waals surface area contributed by atoms with Gasteiger partial charge in [0.15, 0.2) is 10.9 Å². The van der Waals surface area contributed by atoms with Gasteiger partial charge in [0.1, 0.15) is 12.6 Å². The number of amides is 2. The number of thiazole rings is 1. The molecule has 1 fully saturated rings. The molecule has 1 aliphatic heterocycles. The average Bonchev–Trinajstić information content (AvgIpc) is 3.62. The SMILES string of the molecule is CC(=O)c1cc2cc(-c3csc(NC(=O)C4CCCN4C(=O)OCc4ccccc4)n3)ccc2[nH]1. The minimum Gasteiger partial charge on any atom is -0.445 e. The van der Waals surface area contributed by atoms with Gasteiger partial charge in [-0.3, -0.25) is 14.5 Å². The molecule has 1 unspecified atom stereocenters.